The molecule has 64 valence electrons. The van der Waals surface area contributed by atoms with E-state index in [1.165, 1.54) is 0 Å². The average molecular weight is 171 g/mol. The third-order valence-corrected chi connectivity index (χ3v) is 1.14. The number of hydrogen-bond donors (Lipinski definition) is 1. The molecular formula is C6H5NO5. The minimum Gasteiger partial charge on any atom is -0.476 e. The molecule has 0 spiro atoms. The Labute approximate surface area is 66.8 Å². The molecule has 1 rings (SSSR count). The maximum Gasteiger partial charge on any atom is 0.376 e. The van der Waals surface area contributed by atoms with Gasteiger partial charge in [-0.15, -0.1) is 0 Å². The van der Waals surface area contributed by atoms with Gasteiger partial charge in [-0.05, 0) is 0 Å². The van der Waals surface area contributed by atoms with Crippen LogP contribution in [-0.4, -0.2) is 29.1 Å². The zero-order valence-electron chi connectivity index (χ0n) is 6.10. The van der Waals surface area contributed by atoms with Crippen molar-refractivity contribution in [3.63, 3.8) is 0 Å². The third-order valence-electron chi connectivity index (χ3n) is 1.14. The number of nitrogens with zero attached hydrogens (tertiary/aromatic N) is 1. The molecule has 0 fully saturated rings. The van der Waals surface area contributed by atoms with Crippen LogP contribution < -0.4 is 0 Å². The highest BCUT2D eigenvalue weighted by Gasteiger charge is 2.22. The van der Waals surface area contributed by atoms with E-state index >= 15 is 0 Å². The molecule has 1 heterocycles. The molecule has 0 aromatic carbocycles. The summed E-state index contributed by atoms with van der Waals surface area (Å²) in [5.41, 5.74) is -0.443. The minimum atomic E-state index is -1.33. The third kappa shape index (κ3) is 1.26. The number of ether oxygens (including phenoxy) is 1. The van der Waals surface area contributed by atoms with Gasteiger partial charge in [-0.3, -0.25) is 0 Å². The summed E-state index contributed by atoms with van der Waals surface area (Å²) in [6.07, 6.45) is 0.871. The van der Waals surface area contributed by atoms with E-state index in [0.717, 1.165) is 13.5 Å². The second kappa shape index (κ2) is 3.04. The van der Waals surface area contributed by atoms with Gasteiger partial charge in [0.15, 0.2) is 6.39 Å². The van der Waals surface area contributed by atoms with Crippen LogP contribution in [0.2, 0.25) is 0 Å². The van der Waals surface area contributed by atoms with Crippen LogP contribution in [0.25, 0.3) is 0 Å². The summed E-state index contributed by atoms with van der Waals surface area (Å²) in [6.45, 7) is 0. The molecule has 0 radical (unpaired) electrons. The van der Waals surface area contributed by atoms with E-state index in [-0.39, 0.29) is 0 Å². The topological polar surface area (TPSA) is 89.6 Å². The Morgan fingerprint density at radius 1 is 1.67 bits per heavy atom. The highest BCUT2D eigenvalue weighted by atomic mass is 16.5. The summed E-state index contributed by atoms with van der Waals surface area (Å²) >= 11 is 0. The first-order chi connectivity index (χ1) is 5.66. The van der Waals surface area contributed by atoms with Crippen LogP contribution in [0.5, 0.6) is 0 Å². The van der Waals surface area contributed by atoms with E-state index in [2.05, 4.69) is 14.1 Å². The summed E-state index contributed by atoms with van der Waals surface area (Å²) in [4.78, 5) is 24.5. The number of esters is 1. The number of carboxylic acids is 1. The number of carboxylic acid groups (broad SMARTS) is 1. The highest BCUT2D eigenvalue weighted by molar-refractivity contribution is 5.98. The fraction of sp³-hybridized carbons (Fsp3) is 0.167. The first-order valence-electron chi connectivity index (χ1n) is 2.92. The van der Waals surface area contributed by atoms with Crippen molar-refractivity contribution in [3.05, 3.63) is 17.8 Å². The Kier molecular flexibility index (Phi) is 2.09. The van der Waals surface area contributed by atoms with Gasteiger partial charge in [0, 0.05) is 0 Å². The van der Waals surface area contributed by atoms with Crippen LogP contribution >= 0.6 is 0 Å². The van der Waals surface area contributed by atoms with Gasteiger partial charge in [0.1, 0.15) is 0 Å². The van der Waals surface area contributed by atoms with Crippen molar-refractivity contribution < 1.29 is 23.8 Å². The Hall–Kier alpha value is -1.85. The number of carbonyl (C=O) groups excluding carboxylic acids is 1. The van der Waals surface area contributed by atoms with E-state index in [4.69, 9.17) is 5.11 Å². The number of methoxy groups -OCH3 is 1. The molecule has 1 aromatic heterocycles. The van der Waals surface area contributed by atoms with Crippen LogP contribution in [0.3, 0.4) is 0 Å². The summed E-state index contributed by atoms with van der Waals surface area (Å²) < 4.78 is 8.76. The zero-order chi connectivity index (χ0) is 9.14. The minimum absolute atomic E-state index is 0.398. The molecule has 1 N–H and O–H groups in total. The molecule has 0 saturated carbocycles. The van der Waals surface area contributed by atoms with Crippen molar-refractivity contribution in [1.82, 2.24) is 4.98 Å². The standard InChI is InChI=1S/C6H5NO5/c1-11-6(10)4-3(5(8)9)7-2-12-4/h2H,1H3,(H,8,9). The van der Waals surface area contributed by atoms with E-state index in [1.807, 2.05) is 0 Å². The molecule has 0 atom stereocenters. The summed E-state index contributed by atoms with van der Waals surface area (Å²) in [5.74, 6) is -2.58. The van der Waals surface area contributed by atoms with E-state index in [0.29, 0.717) is 0 Å². The fourth-order valence-electron chi connectivity index (χ4n) is 0.636. The first-order valence-corrected chi connectivity index (χ1v) is 2.92. The van der Waals surface area contributed by atoms with E-state index in [9.17, 15) is 9.59 Å². The fourth-order valence-corrected chi connectivity index (χ4v) is 0.636. The lowest BCUT2D eigenvalue weighted by atomic mass is 10.3. The lowest BCUT2D eigenvalue weighted by Crippen LogP contribution is -2.08. The molecule has 0 bridgehead atoms. The van der Waals surface area contributed by atoms with Gasteiger partial charge >= 0.3 is 11.9 Å². The smallest absolute Gasteiger partial charge is 0.376 e. The van der Waals surface area contributed by atoms with E-state index < -0.39 is 23.4 Å². The van der Waals surface area contributed by atoms with Gasteiger partial charge in [-0.25, -0.2) is 14.6 Å². The second-order valence-corrected chi connectivity index (χ2v) is 1.83. The Morgan fingerprint density at radius 3 is 2.83 bits per heavy atom. The Bertz CT molecular complexity index is 315. The van der Waals surface area contributed by atoms with Crippen LogP contribution in [0.15, 0.2) is 10.8 Å². The Balaban J connectivity index is 3.07. The predicted octanol–water partition coefficient (Wildman–Crippen LogP) is 0.159. The SMILES string of the molecule is COC(=O)c1ocnc1C(=O)O. The number of rotatable bonds is 2. The van der Waals surface area contributed by atoms with Gasteiger partial charge < -0.3 is 14.3 Å². The normalized spacial score (nSPS) is 9.42. The predicted molar refractivity (Wildman–Crippen MR) is 34.8 cm³/mol. The molecule has 0 aliphatic heterocycles. The molecule has 6 nitrogen and oxygen atoms in total. The maximum atomic E-state index is 10.8. The molecule has 1 aromatic rings. The zero-order valence-corrected chi connectivity index (χ0v) is 6.10. The monoisotopic (exact) mass is 171 g/mol. The highest BCUT2D eigenvalue weighted by Crippen LogP contribution is 2.07. The van der Waals surface area contributed by atoms with Crippen molar-refractivity contribution in [3.8, 4) is 0 Å². The molecule has 6 heteroatoms. The van der Waals surface area contributed by atoms with Crippen molar-refractivity contribution >= 4 is 11.9 Å². The lowest BCUT2D eigenvalue weighted by molar-refractivity contribution is 0.0547. The van der Waals surface area contributed by atoms with Gasteiger partial charge in [0.05, 0.1) is 7.11 Å². The number of aromatic carboxylic acids is 1. The second-order valence-electron chi connectivity index (χ2n) is 1.83. The first kappa shape index (κ1) is 8.25. The molecule has 0 aliphatic rings. The van der Waals surface area contributed by atoms with Crippen molar-refractivity contribution in [2.75, 3.05) is 7.11 Å². The molecule has 12 heavy (non-hydrogen) atoms. The number of carbonyl (C=O) groups is 2. The van der Waals surface area contributed by atoms with Crippen molar-refractivity contribution in [2.45, 2.75) is 0 Å². The van der Waals surface area contributed by atoms with Gasteiger partial charge in [-0.2, -0.15) is 0 Å². The van der Waals surface area contributed by atoms with Crippen LogP contribution in [0.4, 0.5) is 0 Å². The average Bonchev–Trinajstić information content (AvgIpc) is 2.50. The number of aromatic nitrogens is 1. The maximum absolute atomic E-state index is 10.8. The number of hydrogen-bond acceptors (Lipinski definition) is 5. The molecule has 0 amide bonds. The van der Waals surface area contributed by atoms with Crippen LogP contribution in [-0.2, 0) is 4.74 Å². The van der Waals surface area contributed by atoms with Crippen LogP contribution in [0.1, 0.15) is 21.0 Å². The van der Waals surface area contributed by atoms with Gasteiger partial charge in [-0.1, -0.05) is 0 Å². The summed E-state index contributed by atoms with van der Waals surface area (Å²) in [7, 11) is 1.12. The lowest BCUT2D eigenvalue weighted by Gasteiger charge is -1.93. The summed E-state index contributed by atoms with van der Waals surface area (Å²) in [6, 6.07) is 0. The Morgan fingerprint density at radius 2 is 2.33 bits per heavy atom. The van der Waals surface area contributed by atoms with Crippen molar-refractivity contribution in [2.24, 2.45) is 0 Å². The number of oxazole rings is 1. The molecule has 0 unspecified atom stereocenters. The van der Waals surface area contributed by atoms with Crippen LogP contribution in [0, 0.1) is 0 Å². The molecule has 0 saturated heterocycles. The molecular weight excluding hydrogens is 166 g/mol. The molecule has 0 aliphatic carbocycles. The van der Waals surface area contributed by atoms with Gasteiger partial charge in [0.25, 0.3) is 0 Å². The van der Waals surface area contributed by atoms with Crippen molar-refractivity contribution in [1.29, 1.82) is 0 Å². The largest absolute Gasteiger partial charge is 0.476 e. The quantitative estimate of drug-likeness (QED) is 0.637. The van der Waals surface area contributed by atoms with E-state index in [1.54, 1.807) is 0 Å². The summed E-state index contributed by atoms with van der Waals surface area (Å²) in [5, 5.41) is 8.47. The van der Waals surface area contributed by atoms with Gasteiger partial charge in [0.2, 0.25) is 11.5 Å².